The minimum absolute atomic E-state index is 0.0818. The molecule has 25 heavy (non-hydrogen) atoms. The third-order valence-electron chi connectivity index (χ3n) is 4.22. The molecule has 0 spiro atoms. The minimum Gasteiger partial charge on any atom is -0.374 e. The van der Waals surface area contributed by atoms with Gasteiger partial charge in [-0.3, -0.25) is 0 Å². The Hall–Kier alpha value is -2.13. The molecular weight excluding hydrogens is 334 g/mol. The molecule has 1 aromatic carbocycles. The van der Waals surface area contributed by atoms with Gasteiger partial charge in [-0.1, -0.05) is 24.3 Å². The van der Waals surface area contributed by atoms with Crippen LogP contribution in [0.5, 0.6) is 0 Å². The van der Waals surface area contributed by atoms with E-state index >= 15 is 0 Å². The first-order chi connectivity index (χ1) is 11.9. The number of nitriles is 1. The van der Waals surface area contributed by atoms with Gasteiger partial charge >= 0.3 is 6.18 Å². The molecule has 0 aromatic heterocycles. The molecule has 0 amide bonds. The predicted octanol–water partition coefficient (Wildman–Crippen LogP) is 5.71. The first-order valence-corrected chi connectivity index (χ1v) is 8.10. The quantitative estimate of drug-likeness (QED) is 0.386. The molecule has 1 aromatic rings. The molecule has 0 radical (unpaired) electrons. The van der Waals surface area contributed by atoms with Crippen LogP contribution in [0.1, 0.15) is 36.8 Å². The summed E-state index contributed by atoms with van der Waals surface area (Å²) < 4.78 is 56.0. The second-order valence-electron chi connectivity index (χ2n) is 6.05. The summed E-state index contributed by atoms with van der Waals surface area (Å²) in [4.78, 5) is 0. The van der Waals surface area contributed by atoms with Crippen molar-refractivity contribution in [3.63, 3.8) is 0 Å². The lowest BCUT2D eigenvalue weighted by Gasteiger charge is -2.26. The number of rotatable bonds is 5. The average molecular weight is 353 g/mol. The van der Waals surface area contributed by atoms with E-state index < -0.39 is 17.6 Å². The Balaban J connectivity index is 1.74. The van der Waals surface area contributed by atoms with Crippen molar-refractivity contribution in [2.45, 2.75) is 44.6 Å². The van der Waals surface area contributed by atoms with Crippen molar-refractivity contribution in [3.05, 3.63) is 59.4 Å². The fraction of sp³-hybridized carbons (Fsp3) is 0.421. The van der Waals surface area contributed by atoms with Gasteiger partial charge in [0.1, 0.15) is 6.07 Å². The normalized spacial score (nSPS) is 22.1. The third kappa shape index (κ3) is 6.35. The van der Waals surface area contributed by atoms with Crippen molar-refractivity contribution in [3.8, 4) is 6.07 Å². The Morgan fingerprint density at radius 2 is 1.80 bits per heavy atom. The van der Waals surface area contributed by atoms with Gasteiger partial charge in [0.25, 0.3) is 0 Å². The molecule has 2 nitrogen and oxygen atoms in total. The summed E-state index contributed by atoms with van der Waals surface area (Å²) >= 11 is 0. The Morgan fingerprint density at radius 1 is 1.16 bits per heavy atom. The standard InChI is InChI=1S/C19H19F4NO/c20-17(12-24)3-1-2-14-6-10-18(11-7-14)25-13-15-4-8-16(9-5-15)19(21,22)23/h1-5,8-9,14,18H,6-7,10-11,13H2/b2-1+,17-3-/t14-,18-. The van der Waals surface area contributed by atoms with Crippen molar-refractivity contribution in [1.82, 2.24) is 0 Å². The summed E-state index contributed by atoms with van der Waals surface area (Å²) in [5.41, 5.74) is 0.0533. The summed E-state index contributed by atoms with van der Waals surface area (Å²) in [7, 11) is 0. The van der Waals surface area contributed by atoms with Gasteiger partial charge in [-0.2, -0.15) is 22.8 Å². The van der Waals surface area contributed by atoms with Gasteiger partial charge in [-0.25, -0.2) is 0 Å². The van der Waals surface area contributed by atoms with Crippen LogP contribution in [-0.4, -0.2) is 6.10 Å². The van der Waals surface area contributed by atoms with Crippen LogP contribution in [0, 0.1) is 17.2 Å². The highest BCUT2D eigenvalue weighted by Crippen LogP contribution is 2.30. The summed E-state index contributed by atoms with van der Waals surface area (Å²) in [6.07, 6.45) is 3.85. The van der Waals surface area contributed by atoms with Crippen molar-refractivity contribution < 1.29 is 22.3 Å². The molecule has 134 valence electrons. The summed E-state index contributed by atoms with van der Waals surface area (Å²) in [6, 6.07) is 6.42. The largest absolute Gasteiger partial charge is 0.416 e. The van der Waals surface area contributed by atoms with E-state index in [4.69, 9.17) is 10.00 Å². The van der Waals surface area contributed by atoms with Crippen LogP contribution in [-0.2, 0) is 17.5 Å². The molecule has 0 heterocycles. The summed E-state index contributed by atoms with van der Waals surface area (Å²) in [5, 5.41) is 8.32. The molecule has 6 heteroatoms. The zero-order valence-corrected chi connectivity index (χ0v) is 13.6. The predicted molar refractivity (Wildman–Crippen MR) is 85.9 cm³/mol. The van der Waals surface area contributed by atoms with E-state index in [0.29, 0.717) is 18.1 Å². The number of nitrogens with zero attached hydrogens (tertiary/aromatic N) is 1. The SMILES string of the molecule is N#C/C(F)=C/C=C/[C@H]1CC[C@H](OCc2ccc(C(F)(F)F)cc2)CC1. The van der Waals surface area contributed by atoms with E-state index in [9.17, 15) is 17.6 Å². The van der Waals surface area contributed by atoms with Crippen molar-refractivity contribution in [2.24, 2.45) is 5.92 Å². The monoisotopic (exact) mass is 353 g/mol. The maximum atomic E-state index is 12.7. The second kappa shape index (κ2) is 8.82. The number of ether oxygens (including phenoxy) is 1. The maximum absolute atomic E-state index is 12.7. The highest BCUT2D eigenvalue weighted by Gasteiger charge is 2.30. The highest BCUT2D eigenvalue weighted by atomic mass is 19.4. The van der Waals surface area contributed by atoms with Gasteiger partial charge < -0.3 is 4.74 Å². The number of alkyl halides is 3. The van der Waals surface area contributed by atoms with Gasteiger partial charge in [-0.05, 0) is 55.4 Å². The molecule has 0 N–H and O–H groups in total. The Labute approximate surface area is 144 Å². The third-order valence-corrected chi connectivity index (χ3v) is 4.22. The van der Waals surface area contributed by atoms with Crippen molar-refractivity contribution in [2.75, 3.05) is 0 Å². The molecule has 0 aliphatic heterocycles. The summed E-state index contributed by atoms with van der Waals surface area (Å²) in [6.45, 7) is 0.291. The van der Waals surface area contributed by atoms with Crippen molar-refractivity contribution >= 4 is 0 Å². The Morgan fingerprint density at radius 3 is 2.36 bits per heavy atom. The highest BCUT2D eigenvalue weighted by molar-refractivity contribution is 5.24. The fourth-order valence-electron chi connectivity index (χ4n) is 2.79. The lowest BCUT2D eigenvalue weighted by Crippen LogP contribution is -2.20. The Kier molecular flexibility index (Phi) is 6.77. The lowest BCUT2D eigenvalue weighted by molar-refractivity contribution is -0.137. The smallest absolute Gasteiger partial charge is 0.374 e. The van der Waals surface area contributed by atoms with Crippen LogP contribution >= 0.6 is 0 Å². The topological polar surface area (TPSA) is 33.0 Å². The van der Waals surface area contributed by atoms with Gasteiger partial charge in [-0.15, -0.1) is 0 Å². The van der Waals surface area contributed by atoms with E-state index in [0.717, 1.165) is 43.9 Å². The van der Waals surface area contributed by atoms with Gasteiger partial charge in [0.15, 0.2) is 5.83 Å². The first kappa shape index (κ1) is 19.2. The first-order valence-electron chi connectivity index (χ1n) is 8.10. The second-order valence-corrected chi connectivity index (χ2v) is 6.05. The molecule has 1 aliphatic carbocycles. The molecule has 1 aliphatic rings. The van der Waals surface area contributed by atoms with E-state index in [-0.39, 0.29) is 6.10 Å². The van der Waals surface area contributed by atoms with Crippen LogP contribution in [0.25, 0.3) is 0 Å². The van der Waals surface area contributed by atoms with Crippen LogP contribution in [0.4, 0.5) is 17.6 Å². The molecular formula is C19H19F4NO. The fourth-order valence-corrected chi connectivity index (χ4v) is 2.79. The molecule has 1 saturated carbocycles. The molecule has 0 atom stereocenters. The maximum Gasteiger partial charge on any atom is 0.416 e. The van der Waals surface area contributed by atoms with Gasteiger partial charge in [0.2, 0.25) is 0 Å². The molecule has 2 rings (SSSR count). The van der Waals surface area contributed by atoms with Crippen molar-refractivity contribution in [1.29, 1.82) is 5.26 Å². The van der Waals surface area contributed by atoms with Crippen LogP contribution in [0.3, 0.4) is 0 Å². The number of benzene rings is 1. The number of hydrogen-bond donors (Lipinski definition) is 0. The zero-order chi connectivity index (χ0) is 18.3. The summed E-state index contributed by atoms with van der Waals surface area (Å²) in [5.74, 6) is -0.488. The van der Waals surface area contributed by atoms with Crippen LogP contribution < -0.4 is 0 Å². The van der Waals surface area contributed by atoms with Crippen LogP contribution in [0.15, 0.2) is 48.3 Å². The molecule has 0 bridgehead atoms. The van der Waals surface area contributed by atoms with Gasteiger partial charge in [0, 0.05) is 0 Å². The van der Waals surface area contributed by atoms with Gasteiger partial charge in [0.05, 0.1) is 18.3 Å². The van der Waals surface area contributed by atoms with E-state index in [2.05, 4.69) is 0 Å². The number of hydrogen-bond acceptors (Lipinski definition) is 2. The van der Waals surface area contributed by atoms with E-state index in [1.54, 1.807) is 6.08 Å². The number of halogens is 4. The zero-order valence-electron chi connectivity index (χ0n) is 13.6. The minimum atomic E-state index is -4.32. The lowest BCUT2D eigenvalue weighted by atomic mass is 9.87. The van der Waals surface area contributed by atoms with Crippen LogP contribution in [0.2, 0.25) is 0 Å². The molecule has 1 fully saturated rings. The van der Waals surface area contributed by atoms with E-state index in [1.165, 1.54) is 18.2 Å². The molecule has 0 unspecified atom stereocenters. The van der Waals surface area contributed by atoms with E-state index in [1.807, 2.05) is 6.08 Å². The number of allylic oxidation sites excluding steroid dienone is 4. The average Bonchev–Trinajstić information content (AvgIpc) is 2.60. The molecule has 0 saturated heterocycles. The Bertz CT molecular complexity index is 647.